The third kappa shape index (κ3) is 1.17. The van der Waals surface area contributed by atoms with Gasteiger partial charge in [0.15, 0.2) is 0 Å². The summed E-state index contributed by atoms with van der Waals surface area (Å²) in [5.74, 6) is 0. The molecule has 2 heterocycles. The highest BCUT2D eigenvalue weighted by molar-refractivity contribution is 4.97. The molecule has 2 atom stereocenters. The van der Waals surface area contributed by atoms with E-state index in [2.05, 4.69) is 11.8 Å². The van der Waals surface area contributed by atoms with E-state index in [1.165, 1.54) is 38.8 Å². The van der Waals surface area contributed by atoms with E-state index in [0.717, 1.165) is 0 Å². The van der Waals surface area contributed by atoms with Gasteiger partial charge in [-0.3, -0.25) is 4.90 Å². The summed E-state index contributed by atoms with van der Waals surface area (Å²) in [5, 5.41) is 9.34. The SMILES string of the molecule is CC1(CO)CCN2CCCCC21. The average molecular weight is 169 g/mol. The summed E-state index contributed by atoms with van der Waals surface area (Å²) < 4.78 is 0. The number of nitrogens with zero attached hydrogens (tertiary/aromatic N) is 1. The van der Waals surface area contributed by atoms with Crippen molar-refractivity contribution in [3.8, 4) is 0 Å². The van der Waals surface area contributed by atoms with E-state index >= 15 is 0 Å². The normalized spacial score (nSPS) is 43.0. The molecule has 12 heavy (non-hydrogen) atoms. The number of fused-ring (bicyclic) bond motifs is 1. The number of aliphatic hydroxyl groups excluding tert-OH is 1. The molecule has 0 radical (unpaired) electrons. The fourth-order valence-corrected chi connectivity index (χ4v) is 2.80. The highest BCUT2D eigenvalue weighted by atomic mass is 16.3. The molecule has 2 rings (SSSR count). The number of hydrogen-bond acceptors (Lipinski definition) is 2. The maximum Gasteiger partial charge on any atom is 0.0500 e. The van der Waals surface area contributed by atoms with Gasteiger partial charge in [0.1, 0.15) is 0 Å². The number of piperidine rings is 1. The zero-order valence-corrected chi connectivity index (χ0v) is 7.92. The summed E-state index contributed by atoms with van der Waals surface area (Å²) in [6.07, 6.45) is 5.21. The Labute approximate surface area is 74.6 Å². The smallest absolute Gasteiger partial charge is 0.0500 e. The second kappa shape index (κ2) is 3.00. The third-order valence-corrected chi connectivity index (χ3v) is 3.75. The van der Waals surface area contributed by atoms with Gasteiger partial charge in [-0.1, -0.05) is 13.3 Å². The van der Waals surface area contributed by atoms with Gasteiger partial charge in [-0.2, -0.15) is 0 Å². The Morgan fingerprint density at radius 2 is 2.25 bits per heavy atom. The van der Waals surface area contributed by atoms with Crippen molar-refractivity contribution in [1.29, 1.82) is 0 Å². The van der Waals surface area contributed by atoms with E-state index in [4.69, 9.17) is 0 Å². The van der Waals surface area contributed by atoms with Crippen molar-refractivity contribution in [2.45, 2.75) is 38.6 Å². The lowest BCUT2D eigenvalue weighted by Gasteiger charge is -2.37. The van der Waals surface area contributed by atoms with Crippen molar-refractivity contribution in [3.05, 3.63) is 0 Å². The van der Waals surface area contributed by atoms with E-state index in [1.54, 1.807) is 0 Å². The Hall–Kier alpha value is -0.0800. The summed E-state index contributed by atoms with van der Waals surface area (Å²) in [7, 11) is 0. The molecule has 2 aliphatic rings. The minimum Gasteiger partial charge on any atom is -0.396 e. The largest absolute Gasteiger partial charge is 0.396 e. The highest BCUT2D eigenvalue weighted by Crippen LogP contribution is 2.40. The molecule has 0 aliphatic carbocycles. The van der Waals surface area contributed by atoms with Gasteiger partial charge in [0.05, 0.1) is 0 Å². The van der Waals surface area contributed by atoms with E-state index in [-0.39, 0.29) is 5.41 Å². The van der Waals surface area contributed by atoms with Crippen LogP contribution >= 0.6 is 0 Å². The van der Waals surface area contributed by atoms with Crippen molar-refractivity contribution in [1.82, 2.24) is 4.90 Å². The maximum absolute atomic E-state index is 9.34. The minimum absolute atomic E-state index is 0.209. The number of aliphatic hydroxyl groups is 1. The molecule has 0 saturated carbocycles. The Bertz CT molecular complexity index is 171. The molecule has 70 valence electrons. The zero-order chi connectivity index (χ0) is 8.60. The third-order valence-electron chi connectivity index (χ3n) is 3.75. The predicted octanol–water partition coefficient (Wildman–Crippen LogP) is 1.24. The van der Waals surface area contributed by atoms with Crippen LogP contribution in [-0.2, 0) is 0 Å². The van der Waals surface area contributed by atoms with Crippen LogP contribution in [-0.4, -0.2) is 35.7 Å². The molecular formula is C10H19NO. The molecule has 2 nitrogen and oxygen atoms in total. The van der Waals surface area contributed by atoms with Crippen LogP contribution < -0.4 is 0 Å². The van der Waals surface area contributed by atoms with E-state index in [9.17, 15) is 5.11 Å². The molecule has 0 aromatic heterocycles. The molecule has 1 N–H and O–H groups in total. The van der Waals surface area contributed by atoms with Crippen LogP contribution in [0.15, 0.2) is 0 Å². The van der Waals surface area contributed by atoms with Crippen molar-refractivity contribution in [3.63, 3.8) is 0 Å². The highest BCUT2D eigenvalue weighted by Gasteiger charge is 2.43. The van der Waals surface area contributed by atoms with Crippen LogP contribution in [0.3, 0.4) is 0 Å². The second-order valence-electron chi connectivity index (χ2n) is 4.61. The van der Waals surface area contributed by atoms with Crippen molar-refractivity contribution in [2.24, 2.45) is 5.41 Å². The fourth-order valence-electron chi connectivity index (χ4n) is 2.80. The molecule has 2 heteroatoms. The van der Waals surface area contributed by atoms with Crippen LogP contribution in [0.5, 0.6) is 0 Å². The topological polar surface area (TPSA) is 23.5 Å². The molecule has 2 aliphatic heterocycles. The molecular weight excluding hydrogens is 150 g/mol. The van der Waals surface area contributed by atoms with Gasteiger partial charge in [-0.05, 0) is 32.4 Å². The van der Waals surface area contributed by atoms with E-state index in [1.807, 2.05) is 0 Å². The zero-order valence-electron chi connectivity index (χ0n) is 7.92. The second-order valence-corrected chi connectivity index (χ2v) is 4.61. The first-order chi connectivity index (χ1) is 5.76. The van der Waals surface area contributed by atoms with Crippen LogP contribution in [0.25, 0.3) is 0 Å². The fraction of sp³-hybridized carbons (Fsp3) is 1.00. The Morgan fingerprint density at radius 1 is 1.42 bits per heavy atom. The van der Waals surface area contributed by atoms with Crippen LogP contribution in [0.2, 0.25) is 0 Å². The van der Waals surface area contributed by atoms with Gasteiger partial charge in [0, 0.05) is 18.1 Å². The standard InChI is InChI=1S/C10H19NO/c1-10(8-12)5-7-11-6-3-2-4-9(10)11/h9,12H,2-8H2,1H3. The first-order valence-corrected chi connectivity index (χ1v) is 5.11. The number of rotatable bonds is 1. The first kappa shape index (κ1) is 8.52. The Morgan fingerprint density at radius 3 is 3.00 bits per heavy atom. The van der Waals surface area contributed by atoms with Gasteiger partial charge in [0.25, 0.3) is 0 Å². The molecule has 0 bridgehead atoms. The lowest BCUT2D eigenvalue weighted by molar-refractivity contribution is 0.0696. The summed E-state index contributed by atoms with van der Waals surface area (Å²) in [4.78, 5) is 2.57. The predicted molar refractivity (Wildman–Crippen MR) is 49.0 cm³/mol. The van der Waals surface area contributed by atoms with Gasteiger partial charge in [-0.25, -0.2) is 0 Å². The minimum atomic E-state index is 0.209. The molecule has 2 unspecified atom stereocenters. The molecule has 2 fully saturated rings. The maximum atomic E-state index is 9.34. The monoisotopic (exact) mass is 169 g/mol. The summed E-state index contributed by atoms with van der Waals surface area (Å²) in [5.41, 5.74) is 0.209. The lowest BCUT2D eigenvalue weighted by atomic mass is 9.80. The Balaban J connectivity index is 2.10. The molecule has 0 aromatic carbocycles. The quantitative estimate of drug-likeness (QED) is 0.638. The molecule has 2 saturated heterocycles. The van der Waals surface area contributed by atoms with Crippen LogP contribution in [0.4, 0.5) is 0 Å². The average Bonchev–Trinajstić information content (AvgIpc) is 2.46. The Kier molecular flexibility index (Phi) is 2.13. The number of hydrogen-bond donors (Lipinski definition) is 1. The van der Waals surface area contributed by atoms with Gasteiger partial charge >= 0.3 is 0 Å². The van der Waals surface area contributed by atoms with Crippen LogP contribution in [0.1, 0.15) is 32.6 Å². The summed E-state index contributed by atoms with van der Waals surface area (Å²) in [6, 6.07) is 0.677. The van der Waals surface area contributed by atoms with Gasteiger partial charge in [-0.15, -0.1) is 0 Å². The molecule has 0 aromatic rings. The van der Waals surface area contributed by atoms with E-state index in [0.29, 0.717) is 12.6 Å². The first-order valence-electron chi connectivity index (χ1n) is 5.11. The summed E-state index contributed by atoms with van der Waals surface area (Å²) >= 11 is 0. The molecule has 0 amide bonds. The van der Waals surface area contributed by atoms with Crippen molar-refractivity contribution in [2.75, 3.05) is 19.7 Å². The van der Waals surface area contributed by atoms with Crippen molar-refractivity contribution >= 4 is 0 Å². The van der Waals surface area contributed by atoms with Gasteiger partial charge < -0.3 is 5.11 Å². The van der Waals surface area contributed by atoms with Gasteiger partial charge in [0.2, 0.25) is 0 Å². The lowest BCUT2D eigenvalue weighted by Crippen LogP contribution is -2.42. The molecule has 0 spiro atoms. The van der Waals surface area contributed by atoms with E-state index < -0.39 is 0 Å². The van der Waals surface area contributed by atoms with Crippen molar-refractivity contribution < 1.29 is 5.11 Å². The summed E-state index contributed by atoms with van der Waals surface area (Å²) in [6.45, 7) is 5.08. The van der Waals surface area contributed by atoms with Crippen LogP contribution in [0, 0.1) is 5.41 Å².